The highest BCUT2D eigenvalue weighted by molar-refractivity contribution is 6.22. The first-order valence-electron chi connectivity index (χ1n) is 5.28. The van der Waals surface area contributed by atoms with E-state index in [-0.39, 0.29) is 12.6 Å². The highest BCUT2D eigenvalue weighted by atomic mass is 16.2. The van der Waals surface area contributed by atoms with Gasteiger partial charge in [0.2, 0.25) is 0 Å². The Balaban J connectivity index is 3.03. The van der Waals surface area contributed by atoms with Crippen molar-refractivity contribution in [2.24, 2.45) is 0 Å². The molecule has 6 nitrogen and oxygen atoms in total. The van der Waals surface area contributed by atoms with Crippen molar-refractivity contribution in [3.63, 3.8) is 0 Å². The summed E-state index contributed by atoms with van der Waals surface area (Å²) in [5.74, 6) is -1.10. The molecule has 0 saturated carbocycles. The van der Waals surface area contributed by atoms with Gasteiger partial charge in [0.1, 0.15) is 0 Å². The molecule has 1 saturated heterocycles. The van der Waals surface area contributed by atoms with Gasteiger partial charge in [-0.15, -0.1) is 0 Å². The van der Waals surface area contributed by atoms with E-state index in [4.69, 9.17) is 0 Å². The summed E-state index contributed by atoms with van der Waals surface area (Å²) in [7, 11) is 0. The van der Waals surface area contributed by atoms with E-state index in [2.05, 4.69) is 10.6 Å². The number of urea groups is 1. The molecule has 2 N–H and O–H groups in total. The highest BCUT2D eigenvalue weighted by Gasteiger charge is 2.50. The minimum atomic E-state index is -1.36. The van der Waals surface area contributed by atoms with Gasteiger partial charge >= 0.3 is 6.03 Å². The molecule has 1 atom stereocenters. The Kier molecular flexibility index (Phi) is 3.32. The molecule has 0 aliphatic carbocycles. The Morgan fingerprint density at radius 3 is 2.38 bits per heavy atom. The number of nitrogens with one attached hydrogen (secondary N) is 2. The van der Waals surface area contributed by atoms with Crippen molar-refractivity contribution in [3.05, 3.63) is 0 Å². The van der Waals surface area contributed by atoms with Crippen LogP contribution in [0, 0.1) is 0 Å². The molecular weight excluding hydrogens is 210 g/mol. The van der Waals surface area contributed by atoms with Gasteiger partial charge in [-0.1, -0.05) is 0 Å². The fourth-order valence-corrected chi connectivity index (χ4v) is 1.74. The van der Waals surface area contributed by atoms with Crippen molar-refractivity contribution < 1.29 is 14.4 Å². The van der Waals surface area contributed by atoms with E-state index in [1.165, 1.54) is 6.92 Å². The molecule has 0 spiro atoms. The van der Waals surface area contributed by atoms with Gasteiger partial charge in [0, 0.05) is 12.6 Å². The Hall–Kier alpha value is -1.43. The molecule has 1 fully saturated rings. The van der Waals surface area contributed by atoms with E-state index in [0.29, 0.717) is 0 Å². The van der Waals surface area contributed by atoms with Crippen molar-refractivity contribution in [2.45, 2.75) is 39.3 Å². The number of carbonyl (C=O) groups is 3. The van der Waals surface area contributed by atoms with E-state index in [9.17, 15) is 14.4 Å². The van der Waals surface area contributed by atoms with E-state index < -0.39 is 23.4 Å². The molecular formula is C10H17N3O3. The predicted octanol–water partition coefficient (Wildman–Crippen LogP) is -0.159. The molecule has 0 aromatic heterocycles. The van der Waals surface area contributed by atoms with E-state index in [1.807, 2.05) is 13.8 Å². The standard InChI is InChI=1S/C10H17N3O3/c1-5-13-8(15)10(4,12-6(2)3)7(14)11-9(13)16/h6,12H,5H2,1-4H3,(H,11,14,16). The summed E-state index contributed by atoms with van der Waals surface area (Å²) in [5.41, 5.74) is -1.36. The Morgan fingerprint density at radius 1 is 1.38 bits per heavy atom. The second-order valence-corrected chi connectivity index (χ2v) is 4.23. The molecule has 1 unspecified atom stereocenters. The van der Waals surface area contributed by atoms with E-state index in [1.54, 1.807) is 6.92 Å². The first kappa shape index (κ1) is 12.6. The molecule has 0 aromatic rings. The second kappa shape index (κ2) is 4.21. The number of hydrogen-bond donors (Lipinski definition) is 2. The maximum atomic E-state index is 12.0. The fourth-order valence-electron chi connectivity index (χ4n) is 1.74. The average molecular weight is 227 g/mol. The van der Waals surface area contributed by atoms with Crippen LogP contribution in [0.25, 0.3) is 0 Å². The van der Waals surface area contributed by atoms with Gasteiger partial charge in [0.05, 0.1) is 0 Å². The first-order valence-corrected chi connectivity index (χ1v) is 5.28. The monoisotopic (exact) mass is 227 g/mol. The summed E-state index contributed by atoms with van der Waals surface area (Å²) in [6, 6.07) is -0.688. The minimum Gasteiger partial charge on any atom is -0.293 e. The number of likely N-dealkylation sites (N-methyl/N-ethyl adjacent to an activating group) is 1. The van der Waals surface area contributed by atoms with Crippen LogP contribution in [0.5, 0.6) is 0 Å². The summed E-state index contributed by atoms with van der Waals surface area (Å²) in [6.07, 6.45) is 0. The smallest absolute Gasteiger partial charge is 0.293 e. The van der Waals surface area contributed by atoms with Crippen LogP contribution in [-0.2, 0) is 9.59 Å². The zero-order valence-electron chi connectivity index (χ0n) is 9.96. The lowest BCUT2D eigenvalue weighted by molar-refractivity contribution is -0.145. The van der Waals surface area contributed by atoms with Crippen LogP contribution < -0.4 is 10.6 Å². The van der Waals surface area contributed by atoms with Gasteiger partial charge in [-0.05, 0) is 27.7 Å². The third-order valence-corrected chi connectivity index (χ3v) is 2.49. The molecule has 1 aliphatic rings. The van der Waals surface area contributed by atoms with Gasteiger partial charge in [0.25, 0.3) is 11.8 Å². The quantitative estimate of drug-likeness (QED) is 0.657. The molecule has 0 bridgehead atoms. The van der Waals surface area contributed by atoms with E-state index >= 15 is 0 Å². The van der Waals surface area contributed by atoms with Crippen LogP contribution in [0.1, 0.15) is 27.7 Å². The fraction of sp³-hybridized carbons (Fsp3) is 0.700. The third-order valence-electron chi connectivity index (χ3n) is 2.49. The van der Waals surface area contributed by atoms with Crippen LogP contribution in [0.15, 0.2) is 0 Å². The number of hydrogen-bond acceptors (Lipinski definition) is 4. The van der Waals surface area contributed by atoms with Crippen molar-refractivity contribution in [3.8, 4) is 0 Å². The van der Waals surface area contributed by atoms with Gasteiger partial charge < -0.3 is 0 Å². The zero-order chi connectivity index (χ0) is 12.5. The molecule has 0 aromatic carbocycles. The minimum absolute atomic E-state index is 0.0355. The van der Waals surface area contributed by atoms with E-state index in [0.717, 1.165) is 4.90 Å². The molecule has 6 heteroatoms. The number of rotatable bonds is 3. The number of nitrogens with zero attached hydrogens (tertiary/aromatic N) is 1. The Morgan fingerprint density at radius 2 is 1.94 bits per heavy atom. The van der Waals surface area contributed by atoms with Crippen LogP contribution in [0.4, 0.5) is 4.79 Å². The summed E-state index contributed by atoms with van der Waals surface area (Å²) in [4.78, 5) is 36.1. The predicted molar refractivity (Wildman–Crippen MR) is 57.6 cm³/mol. The molecule has 90 valence electrons. The SMILES string of the molecule is CCN1C(=O)NC(=O)C(C)(NC(C)C)C1=O. The number of barbiturate groups is 1. The molecule has 0 radical (unpaired) electrons. The maximum Gasteiger partial charge on any atom is 0.330 e. The lowest BCUT2D eigenvalue weighted by Crippen LogP contribution is -2.72. The molecule has 1 rings (SSSR count). The molecule has 1 aliphatic heterocycles. The number of carbonyl (C=O) groups excluding carboxylic acids is 3. The first-order chi connectivity index (χ1) is 7.32. The van der Waals surface area contributed by atoms with Crippen molar-refractivity contribution >= 4 is 17.8 Å². The van der Waals surface area contributed by atoms with Gasteiger partial charge in [-0.2, -0.15) is 0 Å². The average Bonchev–Trinajstić information content (AvgIpc) is 2.15. The highest BCUT2D eigenvalue weighted by Crippen LogP contribution is 2.15. The Labute approximate surface area is 94.4 Å². The lowest BCUT2D eigenvalue weighted by atomic mass is 9.96. The number of amides is 4. The van der Waals surface area contributed by atoms with Crippen LogP contribution in [0.3, 0.4) is 0 Å². The summed E-state index contributed by atoms with van der Waals surface area (Å²) in [6.45, 7) is 7.08. The summed E-state index contributed by atoms with van der Waals surface area (Å²) < 4.78 is 0. The topological polar surface area (TPSA) is 78.5 Å². The van der Waals surface area contributed by atoms with Crippen LogP contribution in [0.2, 0.25) is 0 Å². The normalized spacial score (nSPS) is 26.3. The van der Waals surface area contributed by atoms with Gasteiger partial charge in [-0.25, -0.2) is 4.79 Å². The summed E-state index contributed by atoms with van der Waals surface area (Å²) in [5, 5.41) is 5.06. The number of imide groups is 2. The van der Waals surface area contributed by atoms with Gasteiger partial charge in [-0.3, -0.25) is 25.1 Å². The zero-order valence-corrected chi connectivity index (χ0v) is 9.96. The van der Waals surface area contributed by atoms with Crippen LogP contribution >= 0.6 is 0 Å². The molecule has 1 heterocycles. The molecule has 4 amide bonds. The largest absolute Gasteiger partial charge is 0.330 e. The van der Waals surface area contributed by atoms with Gasteiger partial charge in [0.15, 0.2) is 5.54 Å². The lowest BCUT2D eigenvalue weighted by Gasteiger charge is -2.38. The summed E-state index contributed by atoms with van der Waals surface area (Å²) >= 11 is 0. The second-order valence-electron chi connectivity index (χ2n) is 4.23. The van der Waals surface area contributed by atoms with Crippen molar-refractivity contribution in [2.75, 3.05) is 6.54 Å². The molecule has 16 heavy (non-hydrogen) atoms. The van der Waals surface area contributed by atoms with Crippen LogP contribution in [-0.4, -0.2) is 40.9 Å². The Bertz CT molecular complexity index is 340. The van der Waals surface area contributed by atoms with Crippen molar-refractivity contribution in [1.82, 2.24) is 15.5 Å². The van der Waals surface area contributed by atoms with Crippen molar-refractivity contribution in [1.29, 1.82) is 0 Å². The third kappa shape index (κ3) is 1.92. The maximum absolute atomic E-state index is 12.0.